The Bertz CT molecular complexity index is 425. The van der Waals surface area contributed by atoms with Crippen molar-refractivity contribution >= 4 is 5.82 Å². The minimum absolute atomic E-state index is 0.304. The smallest absolute Gasteiger partial charge is 0.162 e. The van der Waals surface area contributed by atoms with Crippen LogP contribution in [-0.4, -0.2) is 23.1 Å². The number of hydrogen-bond acceptors (Lipinski definition) is 4. The van der Waals surface area contributed by atoms with E-state index in [1.54, 1.807) is 0 Å². The fourth-order valence-electron chi connectivity index (χ4n) is 2.52. The summed E-state index contributed by atoms with van der Waals surface area (Å²) in [5.74, 6) is 1.80. The van der Waals surface area contributed by atoms with Gasteiger partial charge in [-0.2, -0.15) is 0 Å². The Labute approximate surface area is 109 Å². The van der Waals surface area contributed by atoms with Gasteiger partial charge in [-0.05, 0) is 40.0 Å². The number of aryl methyl sites for hydroxylation is 1. The van der Waals surface area contributed by atoms with E-state index in [1.165, 1.54) is 5.56 Å². The summed E-state index contributed by atoms with van der Waals surface area (Å²) in [6.45, 7) is 10.1. The lowest BCUT2D eigenvalue weighted by molar-refractivity contribution is 0.00928. The van der Waals surface area contributed by atoms with E-state index in [0.29, 0.717) is 0 Å². The SMILES string of the molecule is CCNc1nc(C2(C)CCCO2)nc(C)c1CC. The molecule has 1 aliphatic rings. The molecular weight excluding hydrogens is 226 g/mol. The first-order valence-electron chi connectivity index (χ1n) is 6.86. The van der Waals surface area contributed by atoms with Crippen LogP contribution >= 0.6 is 0 Å². The average Bonchev–Trinajstić information content (AvgIpc) is 2.77. The van der Waals surface area contributed by atoms with Gasteiger partial charge < -0.3 is 10.1 Å². The molecule has 0 spiro atoms. The topological polar surface area (TPSA) is 47.0 Å². The summed E-state index contributed by atoms with van der Waals surface area (Å²) in [5.41, 5.74) is 1.97. The van der Waals surface area contributed by atoms with E-state index in [4.69, 9.17) is 9.72 Å². The van der Waals surface area contributed by atoms with E-state index >= 15 is 0 Å². The molecule has 18 heavy (non-hydrogen) atoms. The molecule has 1 saturated heterocycles. The Balaban J connectivity index is 2.43. The maximum atomic E-state index is 5.84. The molecule has 1 aromatic heterocycles. The molecule has 1 unspecified atom stereocenters. The Morgan fingerprint density at radius 3 is 2.67 bits per heavy atom. The third-order valence-electron chi connectivity index (χ3n) is 3.60. The van der Waals surface area contributed by atoms with Gasteiger partial charge >= 0.3 is 0 Å². The quantitative estimate of drug-likeness (QED) is 0.891. The van der Waals surface area contributed by atoms with Gasteiger partial charge in [0.1, 0.15) is 11.4 Å². The van der Waals surface area contributed by atoms with E-state index in [2.05, 4.69) is 38.0 Å². The maximum absolute atomic E-state index is 5.84. The number of aromatic nitrogens is 2. The molecule has 0 saturated carbocycles. The summed E-state index contributed by atoms with van der Waals surface area (Å²) in [6, 6.07) is 0. The normalized spacial score (nSPS) is 23.3. The van der Waals surface area contributed by atoms with Crippen molar-refractivity contribution in [3.63, 3.8) is 0 Å². The first kappa shape index (κ1) is 13.3. The largest absolute Gasteiger partial charge is 0.370 e. The standard InChI is InChI=1S/C14H23N3O/c1-5-11-10(3)16-13(17-12(11)15-6-2)14(4)8-7-9-18-14/h5-9H2,1-4H3,(H,15,16,17). The second kappa shape index (κ2) is 5.22. The van der Waals surface area contributed by atoms with Crippen molar-refractivity contribution in [2.45, 2.75) is 52.6 Å². The summed E-state index contributed by atoms with van der Waals surface area (Å²) in [7, 11) is 0. The minimum Gasteiger partial charge on any atom is -0.370 e. The Kier molecular flexibility index (Phi) is 3.85. The number of rotatable bonds is 4. The van der Waals surface area contributed by atoms with Crippen LogP contribution in [0.5, 0.6) is 0 Å². The van der Waals surface area contributed by atoms with Crippen LogP contribution in [0, 0.1) is 6.92 Å². The Hall–Kier alpha value is -1.16. The van der Waals surface area contributed by atoms with E-state index in [9.17, 15) is 0 Å². The van der Waals surface area contributed by atoms with Crippen LogP contribution in [0.25, 0.3) is 0 Å². The molecule has 100 valence electrons. The van der Waals surface area contributed by atoms with Gasteiger partial charge in [0, 0.05) is 24.4 Å². The van der Waals surface area contributed by atoms with Crippen LogP contribution in [0.3, 0.4) is 0 Å². The van der Waals surface area contributed by atoms with Gasteiger partial charge in [0.05, 0.1) is 0 Å². The summed E-state index contributed by atoms with van der Waals surface area (Å²) in [4.78, 5) is 9.37. The molecule has 0 radical (unpaired) electrons. The van der Waals surface area contributed by atoms with Crippen LogP contribution in [0.2, 0.25) is 0 Å². The highest BCUT2D eigenvalue weighted by Gasteiger charge is 2.35. The molecule has 0 aliphatic carbocycles. The van der Waals surface area contributed by atoms with E-state index in [-0.39, 0.29) is 5.60 Å². The van der Waals surface area contributed by atoms with E-state index < -0.39 is 0 Å². The van der Waals surface area contributed by atoms with Gasteiger partial charge in [0.2, 0.25) is 0 Å². The first-order chi connectivity index (χ1) is 8.60. The third-order valence-corrected chi connectivity index (χ3v) is 3.60. The lowest BCUT2D eigenvalue weighted by Gasteiger charge is -2.23. The van der Waals surface area contributed by atoms with Gasteiger partial charge in [-0.3, -0.25) is 0 Å². The highest BCUT2D eigenvalue weighted by atomic mass is 16.5. The molecule has 1 N–H and O–H groups in total. The van der Waals surface area contributed by atoms with Crippen molar-refractivity contribution in [2.24, 2.45) is 0 Å². The van der Waals surface area contributed by atoms with Crippen molar-refractivity contribution in [3.05, 3.63) is 17.1 Å². The molecule has 4 heteroatoms. The van der Waals surface area contributed by atoms with Crippen LogP contribution in [0.1, 0.15) is 50.7 Å². The zero-order valence-electron chi connectivity index (χ0n) is 11.8. The van der Waals surface area contributed by atoms with Crippen molar-refractivity contribution in [3.8, 4) is 0 Å². The molecule has 1 fully saturated rings. The molecule has 4 nitrogen and oxygen atoms in total. The molecule has 1 aliphatic heterocycles. The number of nitrogens with zero attached hydrogens (tertiary/aromatic N) is 2. The molecule has 0 bridgehead atoms. The fourth-order valence-corrected chi connectivity index (χ4v) is 2.52. The zero-order valence-corrected chi connectivity index (χ0v) is 11.8. The highest BCUT2D eigenvalue weighted by molar-refractivity contribution is 5.46. The lowest BCUT2D eigenvalue weighted by atomic mass is 10.0. The summed E-state index contributed by atoms with van der Waals surface area (Å²) in [6.07, 6.45) is 3.04. The number of hydrogen-bond donors (Lipinski definition) is 1. The Morgan fingerprint density at radius 2 is 2.11 bits per heavy atom. The van der Waals surface area contributed by atoms with Crippen molar-refractivity contribution in [1.29, 1.82) is 0 Å². The van der Waals surface area contributed by atoms with Crippen LogP contribution in [-0.2, 0) is 16.8 Å². The second-order valence-corrected chi connectivity index (χ2v) is 5.03. The average molecular weight is 249 g/mol. The highest BCUT2D eigenvalue weighted by Crippen LogP contribution is 2.34. The molecule has 2 heterocycles. The van der Waals surface area contributed by atoms with E-state index in [0.717, 1.165) is 49.8 Å². The van der Waals surface area contributed by atoms with Crippen molar-refractivity contribution in [2.75, 3.05) is 18.5 Å². The van der Waals surface area contributed by atoms with Gasteiger partial charge in [-0.15, -0.1) is 0 Å². The minimum atomic E-state index is -0.304. The summed E-state index contributed by atoms with van der Waals surface area (Å²) >= 11 is 0. The maximum Gasteiger partial charge on any atom is 0.162 e. The summed E-state index contributed by atoms with van der Waals surface area (Å²) < 4.78 is 5.84. The fraction of sp³-hybridized carbons (Fsp3) is 0.714. The zero-order chi connectivity index (χ0) is 13.2. The lowest BCUT2D eigenvalue weighted by Crippen LogP contribution is -2.25. The van der Waals surface area contributed by atoms with Crippen LogP contribution < -0.4 is 5.32 Å². The molecule has 2 rings (SSSR count). The number of anilines is 1. The van der Waals surface area contributed by atoms with Crippen molar-refractivity contribution in [1.82, 2.24) is 9.97 Å². The summed E-state index contributed by atoms with van der Waals surface area (Å²) in [5, 5.41) is 3.34. The van der Waals surface area contributed by atoms with Crippen molar-refractivity contribution < 1.29 is 4.74 Å². The van der Waals surface area contributed by atoms with Gasteiger partial charge in [0.25, 0.3) is 0 Å². The van der Waals surface area contributed by atoms with Gasteiger partial charge in [-0.1, -0.05) is 6.92 Å². The number of ether oxygens (including phenoxy) is 1. The predicted octanol–water partition coefficient (Wildman–Crippen LogP) is 2.80. The van der Waals surface area contributed by atoms with E-state index in [1.807, 2.05) is 0 Å². The Morgan fingerprint density at radius 1 is 1.33 bits per heavy atom. The molecule has 0 aromatic carbocycles. The van der Waals surface area contributed by atoms with Gasteiger partial charge in [-0.25, -0.2) is 9.97 Å². The van der Waals surface area contributed by atoms with Crippen LogP contribution in [0.15, 0.2) is 0 Å². The van der Waals surface area contributed by atoms with Gasteiger partial charge in [0.15, 0.2) is 5.82 Å². The number of nitrogens with one attached hydrogen (secondary N) is 1. The van der Waals surface area contributed by atoms with Crippen LogP contribution in [0.4, 0.5) is 5.82 Å². The second-order valence-electron chi connectivity index (χ2n) is 5.03. The molecule has 1 atom stereocenters. The monoisotopic (exact) mass is 249 g/mol. The molecular formula is C14H23N3O. The predicted molar refractivity (Wildman–Crippen MR) is 72.8 cm³/mol. The first-order valence-corrected chi connectivity index (χ1v) is 6.86. The molecule has 1 aromatic rings. The molecule has 0 amide bonds. The third kappa shape index (κ3) is 2.34.